The Morgan fingerprint density at radius 3 is 2.71 bits per heavy atom. The van der Waals surface area contributed by atoms with Gasteiger partial charge in [-0.3, -0.25) is 4.79 Å². The van der Waals surface area contributed by atoms with Crippen molar-refractivity contribution in [3.05, 3.63) is 0 Å². The Morgan fingerprint density at radius 1 is 1.50 bits per heavy atom. The predicted octanol–water partition coefficient (Wildman–Crippen LogP) is 1.33. The summed E-state index contributed by atoms with van der Waals surface area (Å²) in [5, 5.41) is 3.06. The van der Waals surface area contributed by atoms with E-state index in [4.69, 9.17) is 4.74 Å². The molecular weight excluding hydrogens is 178 g/mol. The Kier molecular flexibility index (Phi) is 2.77. The van der Waals surface area contributed by atoms with Crippen molar-refractivity contribution in [2.45, 2.75) is 32.1 Å². The summed E-state index contributed by atoms with van der Waals surface area (Å²) in [6.07, 6.45) is 5.78. The van der Waals surface area contributed by atoms with Gasteiger partial charge in [0.15, 0.2) is 0 Å². The first-order valence-corrected chi connectivity index (χ1v) is 5.52. The van der Waals surface area contributed by atoms with Gasteiger partial charge in [0, 0.05) is 26.2 Å². The van der Waals surface area contributed by atoms with Crippen molar-refractivity contribution in [2.24, 2.45) is 11.3 Å². The van der Waals surface area contributed by atoms with Gasteiger partial charge in [-0.1, -0.05) is 0 Å². The topological polar surface area (TPSA) is 38.3 Å². The summed E-state index contributed by atoms with van der Waals surface area (Å²) in [6, 6.07) is 0. The summed E-state index contributed by atoms with van der Waals surface area (Å²) in [5.41, 5.74) is 0.389. The van der Waals surface area contributed by atoms with Gasteiger partial charge in [0.05, 0.1) is 0 Å². The lowest BCUT2D eigenvalue weighted by Crippen LogP contribution is -2.31. The van der Waals surface area contributed by atoms with Crippen LogP contribution in [0.4, 0.5) is 0 Å². The van der Waals surface area contributed by atoms with Crippen molar-refractivity contribution in [2.75, 3.05) is 20.3 Å². The SMILES string of the molecule is COCCC1(CNC(=O)C2CC2)CC1. The predicted molar refractivity (Wildman–Crippen MR) is 53.9 cm³/mol. The third kappa shape index (κ3) is 2.47. The summed E-state index contributed by atoms with van der Waals surface area (Å²) in [4.78, 5) is 11.4. The summed E-state index contributed by atoms with van der Waals surface area (Å²) >= 11 is 0. The first-order chi connectivity index (χ1) is 6.76. The maximum Gasteiger partial charge on any atom is 0.223 e. The molecule has 0 aromatic heterocycles. The molecule has 0 heterocycles. The second-order valence-electron chi connectivity index (χ2n) is 4.73. The zero-order chi connectivity index (χ0) is 10.0. The van der Waals surface area contributed by atoms with Crippen LogP contribution in [0.2, 0.25) is 0 Å². The van der Waals surface area contributed by atoms with Crippen LogP contribution in [0.1, 0.15) is 32.1 Å². The number of carbonyl (C=O) groups is 1. The molecule has 1 N–H and O–H groups in total. The van der Waals surface area contributed by atoms with E-state index in [1.54, 1.807) is 7.11 Å². The molecule has 0 saturated heterocycles. The number of hydrogen-bond acceptors (Lipinski definition) is 2. The fourth-order valence-corrected chi connectivity index (χ4v) is 1.77. The Morgan fingerprint density at radius 2 is 2.21 bits per heavy atom. The minimum Gasteiger partial charge on any atom is -0.385 e. The second-order valence-corrected chi connectivity index (χ2v) is 4.73. The number of amides is 1. The van der Waals surface area contributed by atoms with E-state index in [0.29, 0.717) is 11.3 Å². The van der Waals surface area contributed by atoms with E-state index in [2.05, 4.69) is 5.32 Å². The van der Waals surface area contributed by atoms with Crippen molar-refractivity contribution in [1.82, 2.24) is 5.32 Å². The van der Waals surface area contributed by atoms with Crippen molar-refractivity contribution >= 4 is 5.91 Å². The molecule has 0 aromatic carbocycles. The summed E-state index contributed by atoms with van der Waals surface area (Å²) < 4.78 is 5.07. The smallest absolute Gasteiger partial charge is 0.223 e. The lowest BCUT2D eigenvalue weighted by molar-refractivity contribution is -0.122. The van der Waals surface area contributed by atoms with E-state index in [9.17, 15) is 4.79 Å². The average molecular weight is 197 g/mol. The summed E-state index contributed by atoms with van der Waals surface area (Å²) in [5.74, 6) is 0.613. The van der Waals surface area contributed by atoms with Crippen LogP contribution in [0.25, 0.3) is 0 Å². The molecule has 3 nitrogen and oxygen atoms in total. The molecule has 0 bridgehead atoms. The number of hydrogen-bond donors (Lipinski definition) is 1. The van der Waals surface area contributed by atoms with Crippen LogP contribution in [0.5, 0.6) is 0 Å². The summed E-state index contributed by atoms with van der Waals surface area (Å²) in [7, 11) is 1.73. The fourth-order valence-electron chi connectivity index (χ4n) is 1.77. The lowest BCUT2D eigenvalue weighted by Gasteiger charge is -2.15. The number of methoxy groups -OCH3 is 1. The minimum absolute atomic E-state index is 0.272. The molecule has 3 heteroatoms. The molecule has 2 rings (SSSR count). The van der Waals surface area contributed by atoms with Gasteiger partial charge >= 0.3 is 0 Å². The van der Waals surface area contributed by atoms with Gasteiger partial charge in [0.25, 0.3) is 0 Å². The van der Waals surface area contributed by atoms with E-state index >= 15 is 0 Å². The Balaban J connectivity index is 1.66. The Bertz CT molecular complexity index is 219. The van der Waals surface area contributed by atoms with E-state index < -0.39 is 0 Å². The number of carbonyl (C=O) groups excluding carboxylic acids is 1. The Labute approximate surface area is 85.2 Å². The molecule has 14 heavy (non-hydrogen) atoms. The maximum atomic E-state index is 11.4. The first kappa shape index (κ1) is 9.97. The normalized spacial score (nSPS) is 23.2. The van der Waals surface area contributed by atoms with Crippen molar-refractivity contribution in [3.63, 3.8) is 0 Å². The monoisotopic (exact) mass is 197 g/mol. The third-order valence-corrected chi connectivity index (χ3v) is 3.38. The van der Waals surface area contributed by atoms with Crippen LogP contribution in [-0.4, -0.2) is 26.2 Å². The highest BCUT2D eigenvalue weighted by molar-refractivity contribution is 5.80. The van der Waals surface area contributed by atoms with Gasteiger partial charge in [0.2, 0.25) is 5.91 Å². The van der Waals surface area contributed by atoms with Crippen LogP contribution in [0.3, 0.4) is 0 Å². The van der Waals surface area contributed by atoms with Crippen LogP contribution >= 0.6 is 0 Å². The zero-order valence-electron chi connectivity index (χ0n) is 8.84. The zero-order valence-corrected chi connectivity index (χ0v) is 8.84. The van der Waals surface area contributed by atoms with Gasteiger partial charge in [0.1, 0.15) is 0 Å². The molecule has 0 aliphatic heterocycles. The van der Waals surface area contributed by atoms with E-state index in [1.165, 1.54) is 12.8 Å². The molecule has 80 valence electrons. The fraction of sp³-hybridized carbons (Fsp3) is 0.909. The van der Waals surface area contributed by atoms with Gasteiger partial charge in [-0.15, -0.1) is 0 Å². The van der Waals surface area contributed by atoms with Gasteiger partial charge in [-0.2, -0.15) is 0 Å². The van der Waals surface area contributed by atoms with Gasteiger partial charge < -0.3 is 10.1 Å². The average Bonchev–Trinajstić information content (AvgIpc) is 3.04. The molecule has 0 aromatic rings. The molecule has 2 fully saturated rings. The first-order valence-electron chi connectivity index (χ1n) is 5.52. The highest BCUT2D eigenvalue weighted by Crippen LogP contribution is 2.48. The van der Waals surface area contributed by atoms with Crippen LogP contribution in [-0.2, 0) is 9.53 Å². The molecule has 1 amide bonds. The number of nitrogens with one attached hydrogen (secondary N) is 1. The minimum atomic E-state index is 0.272. The molecule has 0 spiro atoms. The second kappa shape index (κ2) is 3.89. The number of rotatable bonds is 6. The van der Waals surface area contributed by atoms with E-state index in [1.807, 2.05) is 0 Å². The van der Waals surface area contributed by atoms with Crippen molar-refractivity contribution in [3.8, 4) is 0 Å². The van der Waals surface area contributed by atoms with Crippen LogP contribution in [0, 0.1) is 11.3 Å². The van der Waals surface area contributed by atoms with Crippen LogP contribution in [0.15, 0.2) is 0 Å². The molecule has 0 radical (unpaired) electrons. The molecule has 0 atom stereocenters. The molecule has 0 unspecified atom stereocenters. The standard InChI is InChI=1S/C11H19NO2/c1-14-7-6-11(4-5-11)8-12-10(13)9-2-3-9/h9H,2-8H2,1H3,(H,12,13). The van der Waals surface area contributed by atoms with E-state index in [0.717, 1.165) is 32.4 Å². The summed E-state index contributed by atoms with van der Waals surface area (Å²) in [6.45, 7) is 1.69. The number of ether oxygens (including phenoxy) is 1. The quantitative estimate of drug-likeness (QED) is 0.697. The molecule has 2 aliphatic carbocycles. The Hall–Kier alpha value is -0.570. The maximum absolute atomic E-state index is 11.4. The molecule has 2 aliphatic rings. The molecule has 2 saturated carbocycles. The molecular formula is C11H19NO2. The highest BCUT2D eigenvalue weighted by atomic mass is 16.5. The van der Waals surface area contributed by atoms with Crippen molar-refractivity contribution < 1.29 is 9.53 Å². The largest absolute Gasteiger partial charge is 0.385 e. The third-order valence-electron chi connectivity index (χ3n) is 3.38. The van der Waals surface area contributed by atoms with Crippen molar-refractivity contribution in [1.29, 1.82) is 0 Å². The lowest BCUT2D eigenvalue weighted by atomic mass is 10.0. The van der Waals surface area contributed by atoms with Crippen LogP contribution < -0.4 is 5.32 Å². The van der Waals surface area contributed by atoms with Gasteiger partial charge in [-0.05, 0) is 37.5 Å². The van der Waals surface area contributed by atoms with E-state index in [-0.39, 0.29) is 5.91 Å². The highest BCUT2D eigenvalue weighted by Gasteiger charge is 2.42. The van der Waals surface area contributed by atoms with Gasteiger partial charge in [-0.25, -0.2) is 0 Å².